The van der Waals surface area contributed by atoms with E-state index in [0.717, 1.165) is 22.2 Å². The lowest BCUT2D eigenvalue weighted by atomic mass is 10.0. The van der Waals surface area contributed by atoms with Gasteiger partial charge in [0, 0.05) is 5.56 Å². The summed E-state index contributed by atoms with van der Waals surface area (Å²) < 4.78 is 11.3. The Labute approximate surface area is 126 Å². The Morgan fingerprint density at radius 1 is 1.45 bits per heavy atom. The number of halogens is 1. The maximum absolute atomic E-state index is 6.09. The van der Waals surface area contributed by atoms with Crippen molar-refractivity contribution in [2.45, 2.75) is 26.3 Å². The first kappa shape index (κ1) is 15.0. The zero-order valence-electron chi connectivity index (χ0n) is 11.8. The van der Waals surface area contributed by atoms with Gasteiger partial charge in [-0.1, -0.05) is 25.4 Å². The van der Waals surface area contributed by atoms with Crippen LogP contribution in [0, 0.1) is 5.92 Å². The third-order valence-electron chi connectivity index (χ3n) is 3.39. The molecule has 2 aromatic rings. The molecule has 5 nitrogen and oxygen atoms in total. The van der Waals surface area contributed by atoms with Crippen LogP contribution in [0.1, 0.15) is 32.2 Å². The summed E-state index contributed by atoms with van der Waals surface area (Å²) in [5.74, 6) is 2.06. The van der Waals surface area contributed by atoms with Crippen LogP contribution in [0.15, 0.2) is 27.2 Å². The van der Waals surface area contributed by atoms with Gasteiger partial charge in [0.25, 0.3) is 0 Å². The summed E-state index contributed by atoms with van der Waals surface area (Å²) in [6.07, 6.45) is 0.965. The van der Waals surface area contributed by atoms with Gasteiger partial charge in [-0.25, -0.2) is 0 Å². The van der Waals surface area contributed by atoms with Crippen molar-refractivity contribution < 1.29 is 9.26 Å². The summed E-state index contributed by atoms with van der Waals surface area (Å²) in [6, 6.07) is 5.39. The molecule has 2 atom stereocenters. The van der Waals surface area contributed by atoms with Gasteiger partial charge in [-0.15, -0.1) is 0 Å². The van der Waals surface area contributed by atoms with Gasteiger partial charge >= 0.3 is 0 Å². The number of methoxy groups -OCH3 is 1. The van der Waals surface area contributed by atoms with Gasteiger partial charge in [0.05, 0.1) is 17.6 Å². The van der Waals surface area contributed by atoms with E-state index in [2.05, 4.69) is 39.9 Å². The summed E-state index contributed by atoms with van der Waals surface area (Å²) in [4.78, 5) is 4.38. The van der Waals surface area contributed by atoms with E-state index >= 15 is 0 Å². The highest BCUT2D eigenvalue weighted by atomic mass is 79.9. The molecule has 1 aromatic carbocycles. The fourth-order valence-corrected chi connectivity index (χ4v) is 2.33. The second-order valence-corrected chi connectivity index (χ2v) is 5.57. The molecule has 108 valence electrons. The molecule has 0 aliphatic heterocycles. The normalized spacial score (nSPS) is 14.1. The number of rotatable bonds is 5. The standard InChI is InChI=1S/C14H18BrN3O2/c1-4-8(2)12(16)14-17-13(18-20-14)9-5-6-11(19-3)10(15)7-9/h5-8,12H,4,16H2,1-3H3. The van der Waals surface area contributed by atoms with E-state index in [1.54, 1.807) is 7.11 Å². The molecule has 0 saturated heterocycles. The lowest BCUT2D eigenvalue weighted by Crippen LogP contribution is -2.18. The van der Waals surface area contributed by atoms with Crippen molar-refractivity contribution >= 4 is 15.9 Å². The van der Waals surface area contributed by atoms with Crippen LogP contribution in [0.3, 0.4) is 0 Å². The molecule has 20 heavy (non-hydrogen) atoms. The number of nitrogens with zero attached hydrogens (tertiary/aromatic N) is 2. The molecular weight excluding hydrogens is 322 g/mol. The minimum absolute atomic E-state index is 0.233. The van der Waals surface area contributed by atoms with Crippen LogP contribution in [-0.2, 0) is 0 Å². The molecule has 0 saturated carbocycles. The van der Waals surface area contributed by atoms with Crippen LogP contribution in [0.5, 0.6) is 5.75 Å². The van der Waals surface area contributed by atoms with Crippen LogP contribution in [0.25, 0.3) is 11.4 Å². The maximum atomic E-state index is 6.09. The van der Waals surface area contributed by atoms with Gasteiger partial charge in [0.15, 0.2) is 0 Å². The molecule has 0 aliphatic carbocycles. The summed E-state index contributed by atoms with van der Waals surface area (Å²) in [6.45, 7) is 4.15. The Balaban J connectivity index is 2.26. The topological polar surface area (TPSA) is 74.2 Å². The monoisotopic (exact) mass is 339 g/mol. The van der Waals surface area contributed by atoms with E-state index in [-0.39, 0.29) is 6.04 Å². The molecule has 2 N–H and O–H groups in total. The molecule has 1 heterocycles. The maximum Gasteiger partial charge on any atom is 0.244 e. The van der Waals surface area contributed by atoms with E-state index in [1.165, 1.54) is 0 Å². The number of hydrogen-bond acceptors (Lipinski definition) is 5. The van der Waals surface area contributed by atoms with E-state index in [1.807, 2.05) is 18.2 Å². The van der Waals surface area contributed by atoms with E-state index in [0.29, 0.717) is 17.6 Å². The van der Waals surface area contributed by atoms with Crippen LogP contribution >= 0.6 is 15.9 Å². The Bertz CT molecular complexity index is 586. The molecular formula is C14H18BrN3O2. The quantitative estimate of drug-likeness (QED) is 0.901. The third kappa shape index (κ3) is 3.02. The Hall–Kier alpha value is -1.40. The number of ether oxygens (including phenoxy) is 1. The van der Waals surface area contributed by atoms with Crippen LogP contribution < -0.4 is 10.5 Å². The second kappa shape index (κ2) is 6.37. The van der Waals surface area contributed by atoms with Gasteiger partial charge in [0.2, 0.25) is 11.7 Å². The molecule has 0 spiro atoms. The second-order valence-electron chi connectivity index (χ2n) is 4.72. The lowest BCUT2D eigenvalue weighted by molar-refractivity contribution is 0.312. The summed E-state index contributed by atoms with van der Waals surface area (Å²) in [5, 5.41) is 3.99. The average molecular weight is 340 g/mol. The van der Waals surface area contributed by atoms with Gasteiger partial charge < -0.3 is 15.0 Å². The molecule has 6 heteroatoms. The largest absolute Gasteiger partial charge is 0.496 e. The van der Waals surface area contributed by atoms with Crippen molar-refractivity contribution in [2.75, 3.05) is 7.11 Å². The SMILES string of the molecule is CCC(C)C(N)c1nc(-c2ccc(OC)c(Br)c2)no1. The van der Waals surface area contributed by atoms with Crippen molar-refractivity contribution in [2.24, 2.45) is 11.7 Å². The molecule has 0 aliphatic rings. The first-order valence-electron chi connectivity index (χ1n) is 6.49. The summed E-state index contributed by atoms with van der Waals surface area (Å²) >= 11 is 3.44. The molecule has 0 amide bonds. The fourth-order valence-electron chi connectivity index (χ4n) is 1.79. The van der Waals surface area contributed by atoms with E-state index in [4.69, 9.17) is 15.0 Å². The third-order valence-corrected chi connectivity index (χ3v) is 4.01. The van der Waals surface area contributed by atoms with E-state index in [9.17, 15) is 0 Å². The molecule has 0 fully saturated rings. The minimum atomic E-state index is -0.233. The Morgan fingerprint density at radius 2 is 2.20 bits per heavy atom. The summed E-state index contributed by atoms with van der Waals surface area (Å²) in [5.41, 5.74) is 6.94. The fraction of sp³-hybridized carbons (Fsp3) is 0.429. The highest BCUT2D eigenvalue weighted by Crippen LogP contribution is 2.30. The highest BCUT2D eigenvalue weighted by molar-refractivity contribution is 9.10. The summed E-state index contributed by atoms with van der Waals surface area (Å²) in [7, 11) is 1.62. The number of aromatic nitrogens is 2. The zero-order valence-corrected chi connectivity index (χ0v) is 13.3. The van der Waals surface area contributed by atoms with Crippen molar-refractivity contribution in [3.8, 4) is 17.1 Å². The molecule has 2 rings (SSSR count). The first-order chi connectivity index (χ1) is 9.56. The molecule has 0 bridgehead atoms. The number of hydrogen-bond donors (Lipinski definition) is 1. The first-order valence-corrected chi connectivity index (χ1v) is 7.29. The van der Waals surface area contributed by atoms with Gasteiger partial charge in [-0.2, -0.15) is 4.98 Å². The van der Waals surface area contributed by atoms with E-state index < -0.39 is 0 Å². The van der Waals surface area contributed by atoms with Crippen LogP contribution in [0.4, 0.5) is 0 Å². The zero-order chi connectivity index (χ0) is 14.7. The Morgan fingerprint density at radius 3 is 2.80 bits per heavy atom. The Kier molecular flexibility index (Phi) is 4.77. The lowest BCUT2D eigenvalue weighted by Gasteiger charge is -2.12. The predicted octanol–water partition coefficient (Wildman–Crippen LogP) is 3.55. The highest BCUT2D eigenvalue weighted by Gasteiger charge is 2.20. The van der Waals surface area contributed by atoms with Crippen molar-refractivity contribution in [1.82, 2.24) is 10.1 Å². The van der Waals surface area contributed by atoms with Gasteiger partial charge in [0.1, 0.15) is 5.75 Å². The molecule has 2 unspecified atom stereocenters. The van der Waals surface area contributed by atoms with Gasteiger partial charge in [-0.05, 0) is 40.0 Å². The van der Waals surface area contributed by atoms with Crippen molar-refractivity contribution in [3.63, 3.8) is 0 Å². The van der Waals surface area contributed by atoms with Crippen molar-refractivity contribution in [1.29, 1.82) is 0 Å². The van der Waals surface area contributed by atoms with Gasteiger partial charge in [-0.3, -0.25) is 0 Å². The molecule has 0 radical (unpaired) electrons. The van der Waals surface area contributed by atoms with Crippen LogP contribution in [0.2, 0.25) is 0 Å². The smallest absolute Gasteiger partial charge is 0.244 e. The molecule has 1 aromatic heterocycles. The van der Waals surface area contributed by atoms with Crippen LogP contribution in [-0.4, -0.2) is 17.3 Å². The number of benzene rings is 1. The van der Waals surface area contributed by atoms with Crippen molar-refractivity contribution in [3.05, 3.63) is 28.6 Å². The predicted molar refractivity (Wildman–Crippen MR) is 80.4 cm³/mol. The average Bonchev–Trinajstić information content (AvgIpc) is 2.95. The number of nitrogens with two attached hydrogens (primary N) is 1. The minimum Gasteiger partial charge on any atom is -0.496 e.